The fourth-order valence-corrected chi connectivity index (χ4v) is 3.22. The van der Waals surface area contributed by atoms with Crippen LogP contribution in [0.3, 0.4) is 0 Å². The van der Waals surface area contributed by atoms with Gasteiger partial charge in [-0.25, -0.2) is 0 Å². The van der Waals surface area contributed by atoms with Crippen molar-refractivity contribution in [2.75, 3.05) is 7.11 Å². The Morgan fingerprint density at radius 1 is 1.00 bits per heavy atom. The summed E-state index contributed by atoms with van der Waals surface area (Å²) in [7, 11) is -2.39. The minimum Gasteiger partial charge on any atom is -0.493 e. The van der Waals surface area contributed by atoms with E-state index < -0.39 is 10.1 Å². The zero-order chi connectivity index (χ0) is 16.3. The molecule has 7 heteroatoms. The largest absolute Gasteiger partial charge is 0.493 e. The van der Waals surface area contributed by atoms with Crippen molar-refractivity contribution >= 4 is 33.3 Å². The standard InChI is InChI=1S/C15H14Cl2O4S/c1-10-3-6-14(15(7-10)20-2)21-22(18,19)9-11-4-5-12(16)13(17)8-11/h3-8H,9H2,1-2H3. The molecule has 118 valence electrons. The molecule has 0 bridgehead atoms. The molecule has 0 aliphatic carbocycles. The molecule has 0 heterocycles. The summed E-state index contributed by atoms with van der Waals surface area (Å²) in [6.45, 7) is 1.87. The Balaban J connectivity index is 2.22. The molecule has 0 unspecified atom stereocenters. The maximum atomic E-state index is 12.2. The number of hydrogen-bond acceptors (Lipinski definition) is 4. The molecule has 0 aromatic heterocycles. The van der Waals surface area contributed by atoms with Crippen molar-refractivity contribution < 1.29 is 17.3 Å². The quantitative estimate of drug-likeness (QED) is 0.749. The minimum absolute atomic E-state index is 0.146. The molecule has 0 N–H and O–H groups in total. The van der Waals surface area contributed by atoms with Crippen molar-refractivity contribution in [3.8, 4) is 11.5 Å². The van der Waals surface area contributed by atoms with Gasteiger partial charge in [0.2, 0.25) is 0 Å². The maximum absolute atomic E-state index is 12.2. The smallest absolute Gasteiger partial charge is 0.313 e. The molecule has 0 saturated carbocycles. The number of rotatable bonds is 5. The first-order valence-electron chi connectivity index (χ1n) is 6.31. The highest BCUT2D eigenvalue weighted by Gasteiger charge is 2.17. The Hall–Kier alpha value is -1.43. The van der Waals surface area contributed by atoms with Crippen LogP contribution in [-0.4, -0.2) is 15.5 Å². The van der Waals surface area contributed by atoms with Crippen LogP contribution in [0.15, 0.2) is 36.4 Å². The molecular formula is C15H14Cl2O4S. The highest BCUT2D eigenvalue weighted by atomic mass is 35.5. The van der Waals surface area contributed by atoms with E-state index in [1.54, 1.807) is 30.3 Å². The summed E-state index contributed by atoms with van der Waals surface area (Å²) in [6.07, 6.45) is 0. The van der Waals surface area contributed by atoms with Crippen molar-refractivity contribution in [1.29, 1.82) is 0 Å². The van der Waals surface area contributed by atoms with Crippen molar-refractivity contribution in [2.24, 2.45) is 0 Å². The van der Waals surface area contributed by atoms with Crippen LogP contribution < -0.4 is 8.92 Å². The summed E-state index contributed by atoms with van der Waals surface area (Å²) < 4.78 is 34.6. The zero-order valence-electron chi connectivity index (χ0n) is 12.0. The number of ether oxygens (including phenoxy) is 1. The third-order valence-electron chi connectivity index (χ3n) is 2.86. The lowest BCUT2D eigenvalue weighted by Crippen LogP contribution is -2.12. The molecule has 0 spiro atoms. The lowest BCUT2D eigenvalue weighted by atomic mass is 10.2. The first kappa shape index (κ1) is 16.9. The van der Waals surface area contributed by atoms with E-state index in [1.165, 1.54) is 13.2 Å². The van der Waals surface area contributed by atoms with Crippen LogP contribution >= 0.6 is 23.2 Å². The van der Waals surface area contributed by atoms with Gasteiger partial charge in [-0.3, -0.25) is 0 Å². The van der Waals surface area contributed by atoms with Gasteiger partial charge < -0.3 is 8.92 Å². The fraction of sp³-hybridized carbons (Fsp3) is 0.200. The maximum Gasteiger partial charge on any atom is 0.313 e. The van der Waals surface area contributed by atoms with Gasteiger partial charge in [0.15, 0.2) is 11.5 Å². The lowest BCUT2D eigenvalue weighted by molar-refractivity contribution is 0.390. The van der Waals surface area contributed by atoms with Crippen LogP contribution in [-0.2, 0) is 15.9 Å². The van der Waals surface area contributed by atoms with Gasteiger partial charge in [-0.15, -0.1) is 0 Å². The van der Waals surface area contributed by atoms with Crippen LogP contribution in [0.2, 0.25) is 10.0 Å². The topological polar surface area (TPSA) is 52.6 Å². The van der Waals surface area contributed by atoms with Crippen molar-refractivity contribution in [2.45, 2.75) is 12.7 Å². The first-order valence-corrected chi connectivity index (χ1v) is 8.65. The van der Waals surface area contributed by atoms with Crippen LogP contribution in [0.5, 0.6) is 11.5 Å². The molecule has 0 fully saturated rings. The van der Waals surface area contributed by atoms with E-state index in [0.29, 0.717) is 21.4 Å². The van der Waals surface area contributed by atoms with E-state index in [2.05, 4.69) is 0 Å². The molecule has 0 atom stereocenters. The number of benzene rings is 2. The van der Waals surface area contributed by atoms with Crippen LogP contribution in [0, 0.1) is 6.92 Å². The van der Waals surface area contributed by atoms with E-state index in [9.17, 15) is 8.42 Å². The van der Waals surface area contributed by atoms with Gasteiger partial charge in [-0.05, 0) is 42.3 Å². The van der Waals surface area contributed by atoms with Gasteiger partial charge in [-0.1, -0.05) is 35.3 Å². The fourth-order valence-electron chi connectivity index (χ4n) is 1.84. The van der Waals surface area contributed by atoms with Gasteiger partial charge in [0, 0.05) is 0 Å². The molecule has 4 nitrogen and oxygen atoms in total. The molecular weight excluding hydrogens is 347 g/mol. The van der Waals surface area contributed by atoms with E-state index in [0.717, 1.165) is 5.56 Å². The molecule has 2 aromatic rings. The predicted molar refractivity (Wildman–Crippen MR) is 87.4 cm³/mol. The van der Waals surface area contributed by atoms with E-state index in [4.69, 9.17) is 32.1 Å². The molecule has 0 aliphatic heterocycles. The Kier molecular flexibility index (Phi) is 5.21. The summed E-state index contributed by atoms with van der Waals surface area (Å²) in [5.74, 6) is 0.187. The molecule has 0 radical (unpaired) electrons. The van der Waals surface area contributed by atoms with Gasteiger partial charge in [0.1, 0.15) is 5.75 Å². The zero-order valence-corrected chi connectivity index (χ0v) is 14.3. The summed E-state index contributed by atoms with van der Waals surface area (Å²) in [6, 6.07) is 9.62. The second kappa shape index (κ2) is 6.77. The summed E-state index contributed by atoms with van der Waals surface area (Å²) in [4.78, 5) is 0. The third kappa shape index (κ3) is 4.29. The highest BCUT2D eigenvalue weighted by Crippen LogP contribution is 2.30. The molecule has 0 saturated heterocycles. The van der Waals surface area contributed by atoms with E-state index in [1.807, 2.05) is 6.92 Å². The third-order valence-corrected chi connectivity index (χ3v) is 4.72. The average molecular weight is 361 g/mol. The Morgan fingerprint density at radius 2 is 1.73 bits per heavy atom. The first-order chi connectivity index (χ1) is 10.3. The second-order valence-corrected chi connectivity index (χ2v) is 7.07. The van der Waals surface area contributed by atoms with Gasteiger partial charge >= 0.3 is 10.1 Å². The monoisotopic (exact) mass is 360 g/mol. The normalized spacial score (nSPS) is 11.3. The molecule has 0 amide bonds. The molecule has 2 aromatic carbocycles. The summed E-state index contributed by atoms with van der Waals surface area (Å²) in [5, 5.41) is 0.659. The Labute approximate surface area is 139 Å². The van der Waals surface area contributed by atoms with Gasteiger partial charge in [0.05, 0.1) is 17.2 Å². The van der Waals surface area contributed by atoms with Gasteiger partial charge in [0.25, 0.3) is 0 Å². The number of methoxy groups -OCH3 is 1. The summed E-state index contributed by atoms with van der Waals surface area (Å²) in [5.41, 5.74) is 1.42. The SMILES string of the molecule is COc1cc(C)ccc1OS(=O)(=O)Cc1ccc(Cl)c(Cl)c1. The minimum atomic E-state index is -3.84. The van der Waals surface area contributed by atoms with E-state index in [-0.39, 0.29) is 11.5 Å². The molecule has 22 heavy (non-hydrogen) atoms. The Bertz CT molecular complexity index is 788. The van der Waals surface area contributed by atoms with Crippen LogP contribution in [0.4, 0.5) is 0 Å². The van der Waals surface area contributed by atoms with Gasteiger partial charge in [-0.2, -0.15) is 8.42 Å². The highest BCUT2D eigenvalue weighted by molar-refractivity contribution is 7.86. The van der Waals surface area contributed by atoms with Crippen molar-refractivity contribution in [3.05, 3.63) is 57.6 Å². The van der Waals surface area contributed by atoms with Crippen LogP contribution in [0.1, 0.15) is 11.1 Å². The van der Waals surface area contributed by atoms with Crippen molar-refractivity contribution in [1.82, 2.24) is 0 Å². The number of aryl methyl sites for hydroxylation is 1. The summed E-state index contributed by atoms with van der Waals surface area (Å²) >= 11 is 11.7. The number of hydrogen-bond donors (Lipinski definition) is 0. The van der Waals surface area contributed by atoms with Crippen molar-refractivity contribution in [3.63, 3.8) is 0 Å². The van der Waals surface area contributed by atoms with Crippen LogP contribution in [0.25, 0.3) is 0 Å². The number of halogens is 2. The molecule has 2 rings (SSSR count). The average Bonchev–Trinajstić information content (AvgIpc) is 2.44. The van der Waals surface area contributed by atoms with E-state index >= 15 is 0 Å². The Morgan fingerprint density at radius 3 is 2.36 bits per heavy atom. The lowest BCUT2D eigenvalue weighted by Gasteiger charge is -2.11. The molecule has 0 aliphatic rings. The second-order valence-electron chi connectivity index (χ2n) is 4.69. The predicted octanol–water partition coefficient (Wildman–Crippen LogP) is 4.22.